The SMILES string of the molecule is CCCCOc1nsnc1OC12CCC(CC(=O)C1)N2C. The number of unbranched alkanes of at least 4 members (excludes halogenated alkanes) is 1. The van der Waals surface area contributed by atoms with Crippen molar-refractivity contribution in [3.05, 3.63) is 0 Å². The van der Waals surface area contributed by atoms with E-state index in [4.69, 9.17) is 9.47 Å². The average Bonchev–Trinajstić information content (AvgIpc) is 2.94. The summed E-state index contributed by atoms with van der Waals surface area (Å²) in [6, 6.07) is 0.294. The fourth-order valence-corrected chi connectivity index (χ4v) is 3.60. The highest BCUT2D eigenvalue weighted by molar-refractivity contribution is 6.99. The van der Waals surface area contributed by atoms with Crippen LogP contribution in [0.2, 0.25) is 0 Å². The quantitative estimate of drug-likeness (QED) is 0.751. The van der Waals surface area contributed by atoms with Crippen molar-refractivity contribution in [1.29, 1.82) is 0 Å². The first-order chi connectivity index (χ1) is 10.1. The van der Waals surface area contributed by atoms with E-state index in [9.17, 15) is 4.79 Å². The van der Waals surface area contributed by atoms with Crippen LogP contribution in [-0.4, -0.2) is 44.9 Å². The monoisotopic (exact) mass is 311 g/mol. The lowest BCUT2D eigenvalue weighted by molar-refractivity contribution is -0.140. The van der Waals surface area contributed by atoms with Crippen LogP contribution < -0.4 is 9.47 Å². The second kappa shape index (κ2) is 5.88. The summed E-state index contributed by atoms with van der Waals surface area (Å²) in [5, 5.41) is 0. The number of nitrogens with zero attached hydrogens (tertiary/aromatic N) is 3. The van der Waals surface area contributed by atoms with E-state index in [1.165, 1.54) is 0 Å². The Morgan fingerprint density at radius 2 is 2.24 bits per heavy atom. The third-order valence-corrected chi connectivity index (χ3v) is 4.94. The van der Waals surface area contributed by atoms with Gasteiger partial charge >= 0.3 is 0 Å². The van der Waals surface area contributed by atoms with Gasteiger partial charge in [0.05, 0.1) is 24.8 Å². The molecule has 2 bridgehead atoms. The Morgan fingerprint density at radius 3 is 3.05 bits per heavy atom. The molecule has 0 spiro atoms. The van der Waals surface area contributed by atoms with Crippen LogP contribution in [0, 0.1) is 0 Å². The molecule has 3 rings (SSSR count). The van der Waals surface area contributed by atoms with E-state index in [2.05, 4.69) is 20.6 Å². The molecule has 0 amide bonds. The number of rotatable bonds is 6. The standard InChI is InChI=1S/C14H21N3O3S/c1-3-4-7-19-12-13(16-21-15-12)20-14-6-5-10(17(14)2)8-11(18)9-14/h10H,3-9H2,1-2H3. The normalized spacial score (nSPS) is 28.9. The van der Waals surface area contributed by atoms with E-state index < -0.39 is 5.72 Å². The molecular formula is C14H21N3O3S. The number of hydrogen-bond donors (Lipinski definition) is 0. The first kappa shape index (κ1) is 14.7. The molecule has 6 nitrogen and oxygen atoms in total. The number of ketones is 1. The van der Waals surface area contributed by atoms with Crippen LogP contribution in [0.1, 0.15) is 45.4 Å². The first-order valence-electron chi connectivity index (χ1n) is 7.53. The van der Waals surface area contributed by atoms with Crippen molar-refractivity contribution in [1.82, 2.24) is 13.6 Å². The predicted molar refractivity (Wildman–Crippen MR) is 78.7 cm³/mol. The zero-order valence-electron chi connectivity index (χ0n) is 12.5. The van der Waals surface area contributed by atoms with Crippen LogP contribution in [-0.2, 0) is 4.79 Å². The summed E-state index contributed by atoms with van der Waals surface area (Å²) in [4.78, 5) is 14.1. The summed E-state index contributed by atoms with van der Waals surface area (Å²) >= 11 is 1.08. The Bertz CT molecular complexity index is 521. The second-order valence-electron chi connectivity index (χ2n) is 5.85. The maximum absolute atomic E-state index is 11.9. The highest BCUT2D eigenvalue weighted by atomic mass is 32.1. The van der Waals surface area contributed by atoms with Crippen molar-refractivity contribution in [3.8, 4) is 11.8 Å². The molecule has 3 heterocycles. The topological polar surface area (TPSA) is 64.6 Å². The molecule has 21 heavy (non-hydrogen) atoms. The van der Waals surface area contributed by atoms with Crippen LogP contribution in [0.5, 0.6) is 11.8 Å². The highest BCUT2D eigenvalue weighted by Crippen LogP contribution is 2.43. The molecule has 1 aromatic heterocycles. The van der Waals surface area contributed by atoms with Gasteiger partial charge in [-0.2, -0.15) is 0 Å². The fourth-order valence-electron chi connectivity index (χ4n) is 3.17. The summed E-state index contributed by atoms with van der Waals surface area (Å²) in [6.07, 6.45) is 4.94. The molecule has 7 heteroatoms. The maximum Gasteiger partial charge on any atom is 0.292 e. The smallest absolute Gasteiger partial charge is 0.292 e. The van der Waals surface area contributed by atoms with Gasteiger partial charge in [-0.25, -0.2) is 0 Å². The number of carbonyl (C=O) groups excluding carboxylic acids is 1. The molecule has 0 saturated carbocycles. The van der Waals surface area contributed by atoms with Gasteiger partial charge in [0.2, 0.25) is 0 Å². The van der Waals surface area contributed by atoms with Crippen molar-refractivity contribution in [3.63, 3.8) is 0 Å². The molecule has 2 unspecified atom stereocenters. The minimum atomic E-state index is -0.557. The van der Waals surface area contributed by atoms with Gasteiger partial charge in [0.1, 0.15) is 5.78 Å². The van der Waals surface area contributed by atoms with Gasteiger partial charge in [-0.1, -0.05) is 13.3 Å². The summed E-state index contributed by atoms with van der Waals surface area (Å²) in [7, 11) is 2.03. The Hall–Kier alpha value is -1.21. The Labute approximate surface area is 128 Å². The van der Waals surface area contributed by atoms with Crippen molar-refractivity contribution in [2.24, 2.45) is 0 Å². The molecule has 0 radical (unpaired) electrons. The predicted octanol–water partition coefficient (Wildman–Crippen LogP) is 2.25. The van der Waals surface area contributed by atoms with Crippen LogP contribution >= 0.6 is 11.7 Å². The third-order valence-electron chi connectivity index (χ3n) is 4.45. The summed E-state index contributed by atoms with van der Waals surface area (Å²) < 4.78 is 20.1. The Morgan fingerprint density at radius 1 is 1.43 bits per heavy atom. The number of carbonyl (C=O) groups is 1. The van der Waals surface area contributed by atoms with Gasteiger partial charge < -0.3 is 9.47 Å². The molecule has 1 aromatic rings. The second-order valence-corrected chi connectivity index (χ2v) is 6.38. The Kier molecular flexibility index (Phi) is 4.12. The van der Waals surface area contributed by atoms with Crippen LogP contribution in [0.3, 0.4) is 0 Å². The molecule has 0 aromatic carbocycles. The van der Waals surface area contributed by atoms with Crippen molar-refractivity contribution in [2.75, 3.05) is 13.7 Å². The molecule has 116 valence electrons. The molecule has 2 fully saturated rings. The van der Waals surface area contributed by atoms with Gasteiger partial charge in [-0.3, -0.25) is 9.69 Å². The zero-order valence-corrected chi connectivity index (χ0v) is 13.3. The zero-order chi connectivity index (χ0) is 14.9. The number of fused-ring (bicyclic) bond motifs is 2. The average molecular weight is 311 g/mol. The van der Waals surface area contributed by atoms with Crippen LogP contribution in [0.25, 0.3) is 0 Å². The van der Waals surface area contributed by atoms with E-state index in [0.717, 1.165) is 37.4 Å². The Balaban J connectivity index is 1.74. The van der Waals surface area contributed by atoms with Crippen molar-refractivity contribution < 1.29 is 14.3 Å². The lowest BCUT2D eigenvalue weighted by atomic mass is 9.99. The third kappa shape index (κ3) is 2.76. The van der Waals surface area contributed by atoms with E-state index in [1.807, 2.05) is 7.05 Å². The lowest BCUT2D eigenvalue weighted by Gasteiger charge is -2.40. The van der Waals surface area contributed by atoms with Gasteiger partial charge in [-0.15, -0.1) is 8.75 Å². The maximum atomic E-state index is 11.9. The molecule has 0 aliphatic carbocycles. The molecule has 2 saturated heterocycles. The van der Waals surface area contributed by atoms with Gasteiger partial charge in [0.15, 0.2) is 5.72 Å². The summed E-state index contributed by atoms with van der Waals surface area (Å²) in [5.41, 5.74) is -0.557. The number of Topliss-reactive ketones (excluding diaryl/α,β-unsaturated/α-hetero) is 1. The summed E-state index contributed by atoms with van der Waals surface area (Å²) in [5.74, 6) is 1.16. The van der Waals surface area contributed by atoms with Gasteiger partial charge in [0.25, 0.3) is 11.8 Å². The van der Waals surface area contributed by atoms with Crippen LogP contribution in [0.4, 0.5) is 0 Å². The van der Waals surface area contributed by atoms with Crippen molar-refractivity contribution in [2.45, 2.75) is 57.2 Å². The van der Waals surface area contributed by atoms with E-state index in [-0.39, 0.29) is 5.78 Å². The largest absolute Gasteiger partial charge is 0.473 e. The molecular weight excluding hydrogens is 290 g/mol. The minimum absolute atomic E-state index is 0.271. The van der Waals surface area contributed by atoms with E-state index in [0.29, 0.717) is 37.3 Å². The van der Waals surface area contributed by atoms with Crippen molar-refractivity contribution >= 4 is 17.5 Å². The number of hydrogen-bond acceptors (Lipinski definition) is 7. The fraction of sp³-hybridized carbons (Fsp3) is 0.786. The number of ether oxygens (including phenoxy) is 2. The van der Waals surface area contributed by atoms with Crippen LogP contribution in [0.15, 0.2) is 0 Å². The number of aromatic nitrogens is 2. The summed E-state index contributed by atoms with van der Waals surface area (Å²) in [6.45, 7) is 2.73. The first-order valence-corrected chi connectivity index (χ1v) is 8.26. The molecule has 2 aliphatic rings. The molecule has 2 aliphatic heterocycles. The van der Waals surface area contributed by atoms with Gasteiger partial charge in [-0.05, 0) is 19.9 Å². The molecule has 2 atom stereocenters. The highest BCUT2D eigenvalue weighted by Gasteiger charge is 2.52. The lowest BCUT2D eigenvalue weighted by Crippen LogP contribution is -2.54. The number of piperidine rings is 1. The molecule has 0 N–H and O–H groups in total. The van der Waals surface area contributed by atoms with E-state index >= 15 is 0 Å². The van der Waals surface area contributed by atoms with E-state index in [1.54, 1.807) is 0 Å². The van der Waals surface area contributed by atoms with Gasteiger partial charge in [0, 0.05) is 18.9 Å². The minimum Gasteiger partial charge on any atom is -0.473 e.